The maximum atomic E-state index is 5.52. The maximum absolute atomic E-state index is 5.52. The van der Waals surface area contributed by atoms with E-state index >= 15 is 0 Å². The quantitative estimate of drug-likeness (QED) is 0.872. The highest BCUT2D eigenvalue weighted by Gasteiger charge is 2.06. The lowest BCUT2D eigenvalue weighted by molar-refractivity contribution is 0.336. The van der Waals surface area contributed by atoms with Crippen LogP contribution in [-0.4, -0.2) is 20.2 Å². The molecule has 16 heavy (non-hydrogen) atoms. The van der Waals surface area contributed by atoms with Gasteiger partial charge in [0.25, 0.3) is 0 Å². The lowest BCUT2D eigenvalue weighted by Crippen LogP contribution is -2.03. The zero-order chi connectivity index (χ0) is 12.0. The van der Waals surface area contributed by atoms with Gasteiger partial charge in [-0.25, -0.2) is 0 Å². The number of halogens is 2. The SMILES string of the molecule is CCOc1c(Br)cc(C=CCNC)cc1Br. The summed E-state index contributed by atoms with van der Waals surface area (Å²) >= 11 is 7.01. The summed E-state index contributed by atoms with van der Waals surface area (Å²) in [5.41, 5.74) is 1.14. The highest BCUT2D eigenvalue weighted by molar-refractivity contribution is 9.11. The number of ether oxygens (including phenoxy) is 1. The fourth-order valence-corrected chi connectivity index (χ4v) is 2.72. The maximum Gasteiger partial charge on any atom is 0.147 e. The van der Waals surface area contributed by atoms with Crippen LogP contribution in [-0.2, 0) is 0 Å². The topological polar surface area (TPSA) is 21.3 Å². The third kappa shape index (κ3) is 3.92. The minimum absolute atomic E-state index is 0.659. The molecule has 0 aliphatic carbocycles. The van der Waals surface area contributed by atoms with Crippen LogP contribution < -0.4 is 10.1 Å². The van der Waals surface area contributed by atoms with E-state index in [4.69, 9.17) is 4.74 Å². The average Bonchev–Trinajstić information content (AvgIpc) is 2.24. The molecule has 0 aliphatic rings. The molecule has 0 bridgehead atoms. The van der Waals surface area contributed by atoms with Crippen molar-refractivity contribution in [2.75, 3.05) is 20.2 Å². The van der Waals surface area contributed by atoms with Crippen LogP contribution in [0.2, 0.25) is 0 Å². The van der Waals surface area contributed by atoms with Crippen molar-refractivity contribution in [2.45, 2.75) is 6.92 Å². The van der Waals surface area contributed by atoms with Crippen molar-refractivity contribution >= 4 is 37.9 Å². The summed E-state index contributed by atoms with van der Waals surface area (Å²) in [4.78, 5) is 0. The zero-order valence-electron chi connectivity index (χ0n) is 9.39. The van der Waals surface area contributed by atoms with Gasteiger partial charge in [0.05, 0.1) is 15.6 Å². The molecule has 0 heterocycles. The summed E-state index contributed by atoms with van der Waals surface area (Å²) in [7, 11) is 1.92. The molecule has 1 rings (SSSR count). The van der Waals surface area contributed by atoms with Gasteiger partial charge in [-0.2, -0.15) is 0 Å². The smallest absolute Gasteiger partial charge is 0.147 e. The first-order valence-corrected chi connectivity index (χ1v) is 6.70. The molecule has 88 valence electrons. The van der Waals surface area contributed by atoms with Crippen molar-refractivity contribution in [3.05, 3.63) is 32.7 Å². The highest BCUT2D eigenvalue weighted by atomic mass is 79.9. The van der Waals surface area contributed by atoms with Gasteiger partial charge >= 0.3 is 0 Å². The Hall–Kier alpha value is -0.320. The summed E-state index contributed by atoms with van der Waals surface area (Å²) in [6, 6.07) is 4.09. The van der Waals surface area contributed by atoms with Crippen molar-refractivity contribution in [1.29, 1.82) is 0 Å². The Labute approximate surface area is 113 Å². The van der Waals surface area contributed by atoms with Gasteiger partial charge in [0.15, 0.2) is 0 Å². The predicted molar refractivity (Wildman–Crippen MR) is 76.0 cm³/mol. The molecule has 1 N–H and O–H groups in total. The van der Waals surface area contributed by atoms with Gasteiger partial charge in [0, 0.05) is 6.54 Å². The van der Waals surface area contributed by atoms with E-state index in [-0.39, 0.29) is 0 Å². The Kier molecular flexibility index (Phi) is 6.09. The summed E-state index contributed by atoms with van der Waals surface area (Å²) in [5, 5.41) is 3.06. The molecule has 0 atom stereocenters. The van der Waals surface area contributed by atoms with Gasteiger partial charge in [-0.3, -0.25) is 0 Å². The minimum Gasteiger partial charge on any atom is -0.492 e. The van der Waals surface area contributed by atoms with Crippen LogP contribution in [0.3, 0.4) is 0 Å². The summed E-state index contributed by atoms with van der Waals surface area (Å²) in [5.74, 6) is 0.855. The molecule has 0 amide bonds. The molecule has 1 aromatic rings. The Morgan fingerprint density at radius 1 is 1.31 bits per heavy atom. The standard InChI is InChI=1S/C12H15Br2NO/c1-3-16-12-10(13)7-9(8-11(12)14)5-4-6-15-2/h4-5,7-8,15H,3,6H2,1-2H3. The van der Waals surface area contributed by atoms with Crippen molar-refractivity contribution < 1.29 is 4.74 Å². The summed E-state index contributed by atoms with van der Waals surface area (Å²) in [6.45, 7) is 3.49. The van der Waals surface area contributed by atoms with Crippen LogP contribution in [0.5, 0.6) is 5.75 Å². The molecule has 0 aliphatic heterocycles. The first-order valence-electron chi connectivity index (χ1n) is 5.12. The number of nitrogens with one attached hydrogen (secondary N) is 1. The number of rotatable bonds is 5. The molecule has 0 radical (unpaired) electrons. The molecule has 1 aromatic carbocycles. The van der Waals surface area contributed by atoms with Crippen LogP contribution in [0, 0.1) is 0 Å². The fourth-order valence-electron chi connectivity index (χ4n) is 1.27. The van der Waals surface area contributed by atoms with Crippen molar-refractivity contribution in [3.8, 4) is 5.75 Å². The Balaban J connectivity index is 2.91. The Morgan fingerprint density at radius 2 is 1.94 bits per heavy atom. The fraction of sp³-hybridized carbons (Fsp3) is 0.333. The normalized spacial score (nSPS) is 11.0. The molecule has 4 heteroatoms. The number of hydrogen-bond donors (Lipinski definition) is 1. The van der Waals surface area contributed by atoms with Gasteiger partial charge in [0.2, 0.25) is 0 Å². The molecule has 0 saturated heterocycles. The predicted octanol–water partition coefficient (Wildman–Crippen LogP) is 3.84. The molecule has 0 spiro atoms. The first kappa shape index (κ1) is 13.7. The third-order valence-corrected chi connectivity index (χ3v) is 3.12. The second kappa shape index (κ2) is 7.09. The first-order chi connectivity index (χ1) is 7.69. The van der Waals surface area contributed by atoms with E-state index in [0.29, 0.717) is 6.61 Å². The van der Waals surface area contributed by atoms with Gasteiger partial charge < -0.3 is 10.1 Å². The van der Waals surface area contributed by atoms with Gasteiger partial charge in [-0.1, -0.05) is 12.2 Å². The molecule has 0 saturated carbocycles. The molecule has 0 aromatic heterocycles. The summed E-state index contributed by atoms with van der Waals surface area (Å²) in [6.07, 6.45) is 4.15. The Morgan fingerprint density at radius 3 is 2.44 bits per heavy atom. The van der Waals surface area contributed by atoms with Crippen LogP contribution in [0.15, 0.2) is 27.2 Å². The van der Waals surface area contributed by atoms with Crippen LogP contribution in [0.1, 0.15) is 12.5 Å². The monoisotopic (exact) mass is 347 g/mol. The third-order valence-electron chi connectivity index (χ3n) is 1.94. The van der Waals surface area contributed by atoms with Crippen LogP contribution in [0.4, 0.5) is 0 Å². The second-order valence-corrected chi connectivity index (χ2v) is 4.92. The van der Waals surface area contributed by atoms with Crippen molar-refractivity contribution in [3.63, 3.8) is 0 Å². The molecular weight excluding hydrogens is 334 g/mol. The lowest BCUT2D eigenvalue weighted by atomic mass is 10.2. The van der Waals surface area contributed by atoms with Gasteiger partial charge in [-0.15, -0.1) is 0 Å². The molecular formula is C12H15Br2NO. The largest absolute Gasteiger partial charge is 0.492 e. The van der Waals surface area contributed by atoms with Crippen molar-refractivity contribution in [2.24, 2.45) is 0 Å². The highest BCUT2D eigenvalue weighted by Crippen LogP contribution is 2.35. The Bertz CT molecular complexity index is 354. The summed E-state index contributed by atoms with van der Waals surface area (Å²) < 4.78 is 7.45. The number of benzene rings is 1. The molecule has 0 unspecified atom stereocenters. The van der Waals surface area contributed by atoms with E-state index in [1.54, 1.807) is 0 Å². The zero-order valence-corrected chi connectivity index (χ0v) is 12.6. The van der Waals surface area contributed by atoms with E-state index in [0.717, 1.165) is 26.8 Å². The van der Waals surface area contributed by atoms with E-state index in [9.17, 15) is 0 Å². The second-order valence-electron chi connectivity index (χ2n) is 3.21. The van der Waals surface area contributed by atoms with E-state index < -0.39 is 0 Å². The minimum atomic E-state index is 0.659. The van der Waals surface area contributed by atoms with Crippen molar-refractivity contribution in [1.82, 2.24) is 5.32 Å². The van der Waals surface area contributed by atoms with E-state index in [1.807, 2.05) is 26.1 Å². The van der Waals surface area contributed by atoms with Crippen LogP contribution in [0.25, 0.3) is 6.08 Å². The van der Waals surface area contributed by atoms with Gasteiger partial charge in [0.1, 0.15) is 5.75 Å². The van der Waals surface area contributed by atoms with E-state index in [1.165, 1.54) is 0 Å². The average molecular weight is 349 g/mol. The lowest BCUT2D eigenvalue weighted by Gasteiger charge is -2.09. The van der Waals surface area contributed by atoms with Crippen LogP contribution >= 0.6 is 31.9 Å². The van der Waals surface area contributed by atoms with E-state index in [2.05, 4.69) is 49.3 Å². The van der Waals surface area contributed by atoms with Gasteiger partial charge in [-0.05, 0) is 63.5 Å². The number of hydrogen-bond acceptors (Lipinski definition) is 2. The molecule has 0 fully saturated rings. The molecule has 2 nitrogen and oxygen atoms in total. The number of likely N-dealkylation sites (N-methyl/N-ethyl adjacent to an activating group) is 1.